The zero-order valence-corrected chi connectivity index (χ0v) is 15.8. The molecule has 2 heterocycles. The zero-order chi connectivity index (χ0) is 20.2. The minimum absolute atomic E-state index is 0.0515. The van der Waals surface area contributed by atoms with Crippen molar-refractivity contribution >= 4 is 17.0 Å². The van der Waals surface area contributed by atoms with Crippen molar-refractivity contribution in [3.05, 3.63) is 66.1 Å². The predicted octanol–water partition coefficient (Wildman–Crippen LogP) is 3.66. The molecule has 0 N–H and O–H groups in total. The monoisotopic (exact) mass is 391 g/mol. The van der Waals surface area contributed by atoms with Gasteiger partial charge in [0.2, 0.25) is 0 Å². The van der Waals surface area contributed by atoms with Crippen LogP contribution in [0.2, 0.25) is 0 Å². The normalized spacial score (nSPS) is 10.7. The second-order valence-electron chi connectivity index (χ2n) is 6.07. The number of aromatic nitrogens is 3. The first-order chi connectivity index (χ1) is 14.2. The van der Waals surface area contributed by atoms with Gasteiger partial charge in [-0.1, -0.05) is 17.3 Å². The van der Waals surface area contributed by atoms with Gasteiger partial charge < -0.3 is 18.7 Å². The van der Waals surface area contributed by atoms with Crippen molar-refractivity contribution in [1.82, 2.24) is 15.1 Å². The lowest BCUT2D eigenvalue weighted by atomic mass is 10.1. The Morgan fingerprint density at radius 1 is 1.00 bits per heavy atom. The first-order valence-electron chi connectivity index (χ1n) is 8.75. The van der Waals surface area contributed by atoms with Crippen LogP contribution in [0.3, 0.4) is 0 Å². The van der Waals surface area contributed by atoms with Gasteiger partial charge in [-0.3, -0.25) is 4.98 Å². The summed E-state index contributed by atoms with van der Waals surface area (Å²) in [5, 5.41) is 3.95. The molecule has 0 bridgehead atoms. The van der Waals surface area contributed by atoms with Crippen LogP contribution in [-0.4, -0.2) is 35.3 Å². The third-order valence-corrected chi connectivity index (χ3v) is 4.24. The van der Waals surface area contributed by atoms with E-state index in [1.54, 1.807) is 38.5 Å². The van der Waals surface area contributed by atoms with Gasteiger partial charge in [0.25, 0.3) is 0 Å². The van der Waals surface area contributed by atoms with Crippen LogP contribution < -0.4 is 9.47 Å². The van der Waals surface area contributed by atoms with Gasteiger partial charge >= 0.3 is 5.97 Å². The lowest BCUT2D eigenvalue weighted by molar-refractivity contribution is 0.0457. The van der Waals surface area contributed by atoms with E-state index >= 15 is 0 Å². The fraction of sp³-hybridized carbons (Fsp3) is 0.143. The van der Waals surface area contributed by atoms with Crippen molar-refractivity contribution in [2.75, 3.05) is 14.2 Å². The summed E-state index contributed by atoms with van der Waals surface area (Å²) in [6, 6.07) is 14.4. The molecule has 0 spiro atoms. The van der Waals surface area contributed by atoms with Crippen molar-refractivity contribution in [2.45, 2.75) is 6.61 Å². The van der Waals surface area contributed by atoms with E-state index in [9.17, 15) is 4.79 Å². The Hall–Kier alpha value is -3.94. The zero-order valence-electron chi connectivity index (χ0n) is 15.8. The Morgan fingerprint density at radius 2 is 1.79 bits per heavy atom. The number of hydrogen-bond acceptors (Lipinski definition) is 8. The molecule has 2 aromatic carbocycles. The van der Waals surface area contributed by atoms with Gasteiger partial charge in [-0.05, 0) is 30.3 Å². The molecule has 0 fully saturated rings. The standard InChI is InChI=1S/C21H17N3O5/c1-26-18-8-7-13(9-20(18)27-2)19-10-14(24-29-19)12-28-21(25)17-11-22-15-5-3-4-6-16(15)23-17/h3-11H,12H2,1-2H3. The van der Waals surface area contributed by atoms with Gasteiger partial charge in [-0.15, -0.1) is 0 Å². The summed E-state index contributed by atoms with van der Waals surface area (Å²) in [7, 11) is 3.13. The Balaban J connectivity index is 1.45. The van der Waals surface area contributed by atoms with Crippen LogP contribution in [0.4, 0.5) is 0 Å². The third-order valence-electron chi connectivity index (χ3n) is 4.24. The van der Waals surface area contributed by atoms with Gasteiger partial charge in [-0.25, -0.2) is 9.78 Å². The Kier molecular flexibility index (Phi) is 5.07. The molecule has 8 heteroatoms. The van der Waals surface area contributed by atoms with Crippen LogP contribution in [0.1, 0.15) is 16.2 Å². The van der Waals surface area contributed by atoms with Gasteiger partial charge in [0.1, 0.15) is 12.3 Å². The number of fused-ring (bicyclic) bond motifs is 1. The van der Waals surface area contributed by atoms with Gasteiger partial charge in [-0.2, -0.15) is 0 Å². The first-order valence-corrected chi connectivity index (χ1v) is 8.75. The van der Waals surface area contributed by atoms with Crippen molar-refractivity contribution in [3.63, 3.8) is 0 Å². The van der Waals surface area contributed by atoms with Crippen LogP contribution in [0.25, 0.3) is 22.4 Å². The number of hydrogen-bond donors (Lipinski definition) is 0. The third kappa shape index (κ3) is 3.86. The average molecular weight is 391 g/mol. The van der Waals surface area contributed by atoms with E-state index in [1.807, 2.05) is 24.3 Å². The lowest BCUT2D eigenvalue weighted by Crippen LogP contribution is -2.08. The van der Waals surface area contributed by atoms with E-state index < -0.39 is 5.97 Å². The minimum atomic E-state index is -0.584. The number of nitrogens with zero attached hydrogens (tertiary/aromatic N) is 3. The highest BCUT2D eigenvalue weighted by Crippen LogP contribution is 2.32. The van der Waals surface area contributed by atoms with Crippen molar-refractivity contribution in [1.29, 1.82) is 0 Å². The highest BCUT2D eigenvalue weighted by molar-refractivity contribution is 5.89. The van der Waals surface area contributed by atoms with Gasteiger partial charge in [0.15, 0.2) is 23.0 Å². The molecule has 0 atom stereocenters. The average Bonchev–Trinajstić information content (AvgIpc) is 3.25. The molecule has 0 saturated heterocycles. The minimum Gasteiger partial charge on any atom is -0.493 e. The van der Waals surface area contributed by atoms with Crippen LogP contribution in [0.5, 0.6) is 11.5 Å². The second-order valence-corrected chi connectivity index (χ2v) is 6.07. The number of para-hydroxylation sites is 2. The summed E-state index contributed by atoms with van der Waals surface area (Å²) in [6.45, 7) is -0.0515. The number of esters is 1. The van der Waals surface area contributed by atoms with E-state index in [2.05, 4.69) is 15.1 Å². The van der Waals surface area contributed by atoms with Crippen LogP contribution in [-0.2, 0) is 11.3 Å². The smallest absolute Gasteiger partial charge is 0.358 e. The van der Waals surface area contributed by atoms with Crippen LogP contribution in [0.15, 0.2) is 59.3 Å². The number of rotatable bonds is 6. The largest absolute Gasteiger partial charge is 0.493 e. The van der Waals surface area contributed by atoms with E-state index in [4.69, 9.17) is 18.7 Å². The van der Waals surface area contributed by atoms with Crippen molar-refractivity contribution in [2.24, 2.45) is 0 Å². The SMILES string of the molecule is COc1ccc(-c2cc(COC(=O)c3cnc4ccccc4n3)no2)cc1OC. The molecule has 0 aliphatic carbocycles. The molecule has 4 rings (SSSR count). The van der Waals surface area contributed by atoms with E-state index in [-0.39, 0.29) is 12.3 Å². The number of ether oxygens (including phenoxy) is 3. The van der Waals surface area contributed by atoms with E-state index in [1.165, 1.54) is 6.20 Å². The molecule has 0 radical (unpaired) electrons. The highest BCUT2D eigenvalue weighted by Gasteiger charge is 2.14. The number of methoxy groups -OCH3 is 2. The molecule has 8 nitrogen and oxygen atoms in total. The van der Waals surface area contributed by atoms with Gasteiger partial charge in [0.05, 0.1) is 31.4 Å². The fourth-order valence-electron chi connectivity index (χ4n) is 2.77. The molecule has 0 aliphatic heterocycles. The van der Waals surface area contributed by atoms with Crippen molar-refractivity contribution < 1.29 is 23.5 Å². The summed E-state index contributed by atoms with van der Waals surface area (Å²) >= 11 is 0. The Bertz CT molecular complexity index is 1170. The maximum atomic E-state index is 12.3. The van der Waals surface area contributed by atoms with E-state index in [0.717, 1.165) is 5.56 Å². The Labute approximate surface area is 166 Å². The summed E-state index contributed by atoms with van der Waals surface area (Å²) in [4.78, 5) is 20.8. The number of carbonyl (C=O) groups excluding carboxylic acids is 1. The molecule has 2 aromatic heterocycles. The molecular weight excluding hydrogens is 374 g/mol. The predicted molar refractivity (Wildman–Crippen MR) is 104 cm³/mol. The maximum absolute atomic E-state index is 12.3. The number of carbonyl (C=O) groups is 1. The second kappa shape index (κ2) is 7.97. The fourth-order valence-corrected chi connectivity index (χ4v) is 2.77. The molecule has 0 unspecified atom stereocenters. The molecule has 0 amide bonds. The molecule has 0 saturated carbocycles. The number of benzene rings is 2. The quantitative estimate of drug-likeness (QED) is 0.460. The topological polar surface area (TPSA) is 96.6 Å². The van der Waals surface area contributed by atoms with Crippen LogP contribution >= 0.6 is 0 Å². The molecule has 4 aromatic rings. The molecular formula is C21H17N3O5. The van der Waals surface area contributed by atoms with Crippen LogP contribution in [0, 0.1) is 0 Å². The summed E-state index contributed by atoms with van der Waals surface area (Å²) < 4.78 is 21.2. The summed E-state index contributed by atoms with van der Waals surface area (Å²) in [5.74, 6) is 1.12. The molecule has 29 heavy (non-hydrogen) atoms. The Morgan fingerprint density at radius 3 is 2.59 bits per heavy atom. The molecule has 0 aliphatic rings. The summed E-state index contributed by atoms with van der Waals surface area (Å²) in [5.41, 5.74) is 2.69. The lowest BCUT2D eigenvalue weighted by Gasteiger charge is -2.07. The maximum Gasteiger partial charge on any atom is 0.358 e. The van der Waals surface area contributed by atoms with Crippen molar-refractivity contribution in [3.8, 4) is 22.8 Å². The highest BCUT2D eigenvalue weighted by atomic mass is 16.5. The van der Waals surface area contributed by atoms with Gasteiger partial charge in [0, 0.05) is 11.6 Å². The summed E-state index contributed by atoms with van der Waals surface area (Å²) in [6.07, 6.45) is 1.39. The molecule has 146 valence electrons. The van der Waals surface area contributed by atoms with E-state index in [0.29, 0.717) is 34.0 Å². The first kappa shape index (κ1) is 18.4.